The van der Waals surface area contributed by atoms with Crippen molar-refractivity contribution < 1.29 is 13.2 Å². The first kappa shape index (κ1) is 14.7. The highest BCUT2D eigenvalue weighted by molar-refractivity contribution is 4.73. The highest BCUT2D eigenvalue weighted by Crippen LogP contribution is 2.17. The van der Waals surface area contributed by atoms with Crippen LogP contribution in [0.2, 0.25) is 0 Å². The lowest BCUT2D eigenvalue weighted by Gasteiger charge is -2.27. The first-order valence-electron chi connectivity index (χ1n) is 5.31. The molecule has 0 saturated heterocycles. The highest BCUT2D eigenvalue weighted by Gasteiger charge is 2.31. The second kappa shape index (κ2) is 6.33. The molecule has 0 bridgehead atoms. The Morgan fingerprint density at radius 1 is 1.27 bits per heavy atom. The number of nitrogens with two attached hydrogens (primary N) is 1. The van der Waals surface area contributed by atoms with E-state index in [1.807, 2.05) is 20.8 Å². The van der Waals surface area contributed by atoms with E-state index < -0.39 is 12.7 Å². The molecule has 1 unspecified atom stereocenters. The second-order valence-corrected chi connectivity index (χ2v) is 4.26. The van der Waals surface area contributed by atoms with Crippen LogP contribution < -0.4 is 5.73 Å². The Labute approximate surface area is 89.6 Å². The highest BCUT2D eigenvalue weighted by atomic mass is 19.4. The van der Waals surface area contributed by atoms with Gasteiger partial charge in [-0.3, -0.25) is 4.90 Å². The van der Waals surface area contributed by atoms with Crippen LogP contribution in [0.1, 0.15) is 27.2 Å². The summed E-state index contributed by atoms with van der Waals surface area (Å²) in [6.07, 6.45) is -3.42. The molecule has 0 fully saturated rings. The first-order valence-corrected chi connectivity index (χ1v) is 5.31. The topological polar surface area (TPSA) is 29.3 Å². The summed E-state index contributed by atoms with van der Waals surface area (Å²) in [7, 11) is 0. The Balaban J connectivity index is 4.15. The summed E-state index contributed by atoms with van der Waals surface area (Å²) in [5.41, 5.74) is 5.76. The van der Waals surface area contributed by atoms with Gasteiger partial charge in [-0.15, -0.1) is 0 Å². The predicted molar refractivity (Wildman–Crippen MR) is 55.6 cm³/mol. The van der Waals surface area contributed by atoms with Crippen molar-refractivity contribution in [1.29, 1.82) is 0 Å². The molecule has 1 atom stereocenters. The van der Waals surface area contributed by atoms with Crippen LogP contribution in [0.4, 0.5) is 13.2 Å². The fourth-order valence-corrected chi connectivity index (χ4v) is 1.31. The van der Waals surface area contributed by atoms with Crippen LogP contribution in [0.5, 0.6) is 0 Å². The van der Waals surface area contributed by atoms with Crippen LogP contribution >= 0.6 is 0 Å². The van der Waals surface area contributed by atoms with Gasteiger partial charge in [0.2, 0.25) is 0 Å². The predicted octanol–water partition coefficient (Wildman–Crippen LogP) is 2.24. The molecule has 0 aliphatic carbocycles. The summed E-state index contributed by atoms with van der Waals surface area (Å²) in [5, 5.41) is 0. The third kappa shape index (κ3) is 7.62. The van der Waals surface area contributed by atoms with E-state index in [-0.39, 0.29) is 12.0 Å². The van der Waals surface area contributed by atoms with Crippen molar-refractivity contribution in [2.75, 3.05) is 19.6 Å². The van der Waals surface area contributed by atoms with E-state index in [4.69, 9.17) is 5.73 Å². The average Bonchev–Trinajstić information content (AvgIpc) is 2.00. The molecule has 0 saturated carbocycles. The van der Waals surface area contributed by atoms with Gasteiger partial charge in [-0.2, -0.15) is 13.2 Å². The van der Waals surface area contributed by atoms with Gasteiger partial charge in [0.15, 0.2) is 0 Å². The summed E-state index contributed by atoms with van der Waals surface area (Å²) in [5.74, 6) is 0.206. The van der Waals surface area contributed by atoms with Gasteiger partial charge in [0.1, 0.15) is 0 Å². The quantitative estimate of drug-likeness (QED) is 0.752. The van der Waals surface area contributed by atoms with Crippen LogP contribution in [0, 0.1) is 5.92 Å². The fraction of sp³-hybridized carbons (Fsp3) is 1.00. The van der Waals surface area contributed by atoms with Crippen molar-refractivity contribution in [3.05, 3.63) is 0 Å². The Kier molecular flexibility index (Phi) is 6.20. The minimum Gasteiger partial charge on any atom is -0.326 e. The molecule has 0 aromatic carbocycles. The van der Waals surface area contributed by atoms with Gasteiger partial charge >= 0.3 is 6.18 Å². The lowest BCUT2D eigenvalue weighted by molar-refractivity contribution is -0.146. The molecule has 0 radical (unpaired) electrons. The van der Waals surface area contributed by atoms with Gasteiger partial charge in [0.25, 0.3) is 0 Å². The molecule has 15 heavy (non-hydrogen) atoms. The van der Waals surface area contributed by atoms with E-state index in [2.05, 4.69) is 0 Å². The zero-order chi connectivity index (χ0) is 12.1. The number of nitrogens with zero attached hydrogens (tertiary/aromatic N) is 1. The Bertz CT molecular complexity index is 169. The van der Waals surface area contributed by atoms with E-state index in [9.17, 15) is 13.2 Å². The van der Waals surface area contributed by atoms with Gasteiger partial charge in [-0.25, -0.2) is 0 Å². The van der Waals surface area contributed by atoms with E-state index in [1.54, 1.807) is 0 Å². The van der Waals surface area contributed by atoms with Crippen LogP contribution in [0.25, 0.3) is 0 Å². The molecule has 0 spiro atoms. The molecule has 0 aliphatic rings. The van der Waals surface area contributed by atoms with Crippen molar-refractivity contribution in [3.63, 3.8) is 0 Å². The zero-order valence-corrected chi connectivity index (χ0v) is 9.64. The fourth-order valence-electron chi connectivity index (χ4n) is 1.31. The van der Waals surface area contributed by atoms with Crippen molar-refractivity contribution in [3.8, 4) is 0 Å². The van der Waals surface area contributed by atoms with Crippen molar-refractivity contribution in [2.45, 2.75) is 39.4 Å². The Morgan fingerprint density at radius 3 is 2.13 bits per heavy atom. The van der Waals surface area contributed by atoms with Gasteiger partial charge < -0.3 is 5.73 Å². The molecule has 0 aromatic heterocycles. The van der Waals surface area contributed by atoms with Gasteiger partial charge in [0, 0.05) is 12.6 Å². The number of hydrogen-bond donors (Lipinski definition) is 1. The SMILES string of the molecule is CCCN(CC(N)C(C)C)CC(F)(F)F. The summed E-state index contributed by atoms with van der Waals surface area (Å²) in [4.78, 5) is 1.38. The molecule has 0 aromatic rings. The Morgan fingerprint density at radius 2 is 1.80 bits per heavy atom. The van der Waals surface area contributed by atoms with E-state index in [0.29, 0.717) is 19.5 Å². The minimum atomic E-state index is -4.13. The molecular weight excluding hydrogens is 205 g/mol. The number of rotatable bonds is 6. The lowest BCUT2D eigenvalue weighted by atomic mass is 10.1. The van der Waals surface area contributed by atoms with Crippen molar-refractivity contribution in [2.24, 2.45) is 11.7 Å². The lowest BCUT2D eigenvalue weighted by Crippen LogP contribution is -2.44. The summed E-state index contributed by atoms with van der Waals surface area (Å²) >= 11 is 0. The number of hydrogen-bond acceptors (Lipinski definition) is 2. The molecule has 0 heterocycles. The molecule has 5 heteroatoms. The maximum atomic E-state index is 12.2. The number of alkyl halides is 3. The van der Waals surface area contributed by atoms with Crippen LogP contribution in [-0.4, -0.2) is 36.8 Å². The molecule has 2 nitrogen and oxygen atoms in total. The minimum absolute atomic E-state index is 0.195. The molecule has 0 amide bonds. The smallest absolute Gasteiger partial charge is 0.326 e. The largest absolute Gasteiger partial charge is 0.401 e. The normalized spacial score (nSPS) is 15.0. The molecule has 0 aliphatic heterocycles. The number of halogens is 3. The van der Waals surface area contributed by atoms with Crippen LogP contribution in [0.3, 0.4) is 0 Å². The maximum Gasteiger partial charge on any atom is 0.401 e. The first-order chi connectivity index (χ1) is 6.76. The van der Waals surface area contributed by atoms with E-state index >= 15 is 0 Å². The standard InChI is InChI=1S/C10H21F3N2/c1-4-5-15(7-10(11,12)13)6-9(14)8(2)3/h8-9H,4-7,14H2,1-3H3. The third-order valence-corrected chi connectivity index (χ3v) is 2.27. The molecule has 2 N–H and O–H groups in total. The molecule has 0 rings (SSSR count). The van der Waals surface area contributed by atoms with Gasteiger partial charge in [-0.1, -0.05) is 20.8 Å². The maximum absolute atomic E-state index is 12.2. The van der Waals surface area contributed by atoms with E-state index in [0.717, 1.165) is 0 Å². The van der Waals surface area contributed by atoms with Crippen LogP contribution in [-0.2, 0) is 0 Å². The summed E-state index contributed by atoms with van der Waals surface area (Å²) in [6, 6.07) is -0.195. The zero-order valence-electron chi connectivity index (χ0n) is 9.64. The third-order valence-electron chi connectivity index (χ3n) is 2.27. The summed E-state index contributed by atoms with van der Waals surface area (Å²) < 4.78 is 36.6. The second-order valence-electron chi connectivity index (χ2n) is 4.26. The molecule has 92 valence electrons. The summed E-state index contributed by atoms with van der Waals surface area (Å²) in [6.45, 7) is 5.60. The molecular formula is C10H21F3N2. The van der Waals surface area contributed by atoms with Gasteiger partial charge in [-0.05, 0) is 18.9 Å². The van der Waals surface area contributed by atoms with Gasteiger partial charge in [0.05, 0.1) is 6.54 Å². The average molecular weight is 226 g/mol. The van der Waals surface area contributed by atoms with Crippen molar-refractivity contribution in [1.82, 2.24) is 4.90 Å². The van der Waals surface area contributed by atoms with E-state index in [1.165, 1.54) is 4.90 Å². The van der Waals surface area contributed by atoms with Crippen LogP contribution in [0.15, 0.2) is 0 Å². The Hall–Kier alpha value is -0.290. The monoisotopic (exact) mass is 226 g/mol. The van der Waals surface area contributed by atoms with Crippen molar-refractivity contribution >= 4 is 0 Å².